The van der Waals surface area contributed by atoms with Crippen molar-refractivity contribution in [1.29, 1.82) is 0 Å². The summed E-state index contributed by atoms with van der Waals surface area (Å²) in [6.45, 7) is 0. The highest BCUT2D eigenvalue weighted by Gasteiger charge is 2.37. The Balaban J connectivity index is 2.53. The van der Waals surface area contributed by atoms with E-state index in [1.54, 1.807) is 18.2 Å². The van der Waals surface area contributed by atoms with Gasteiger partial charge in [-0.15, -0.1) is 5.48 Å². The second-order valence-corrected chi connectivity index (χ2v) is 6.92. The van der Waals surface area contributed by atoms with Gasteiger partial charge in [-0.2, -0.15) is 0 Å². The van der Waals surface area contributed by atoms with Crippen LogP contribution in [0.25, 0.3) is 0 Å². The number of nitrogens with one attached hydrogen (secondary N) is 2. The number of hydrogen-bond donors (Lipinski definition) is 3. The van der Waals surface area contributed by atoms with Crippen LogP contribution in [0.2, 0.25) is 0 Å². The maximum absolute atomic E-state index is 11.2. The fraction of sp³-hybridized carbons (Fsp3) is 0.250. The van der Waals surface area contributed by atoms with Crippen LogP contribution >= 0.6 is 22.6 Å². The molecule has 88 valence electrons. The van der Waals surface area contributed by atoms with E-state index in [1.165, 1.54) is 0 Å². The standard InChI is InChI=1S/C8H10IN3O3S/c1-16(13,14)11-5-3-2-4-6-7(5)8(9,10)12-15-6/h2-4,11-12H,10H2,1H3. The van der Waals surface area contributed by atoms with E-state index in [4.69, 9.17) is 10.6 Å². The van der Waals surface area contributed by atoms with Crippen LogP contribution in [0.5, 0.6) is 5.75 Å². The predicted molar refractivity (Wildman–Crippen MR) is 68.6 cm³/mol. The van der Waals surface area contributed by atoms with Gasteiger partial charge in [-0.25, -0.2) is 8.42 Å². The zero-order valence-corrected chi connectivity index (χ0v) is 11.3. The maximum Gasteiger partial charge on any atom is 0.229 e. The highest BCUT2D eigenvalue weighted by Crippen LogP contribution is 2.41. The van der Waals surface area contributed by atoms with Crippen LogP contribution in [0.1, 0.15) is 5.56 Å². The molecule has 0 amide bonds. The summed E-state index contributed by atoms with van der Waals surface area (Å²) in [5.74, 6) is 0.519. The number of anilines is 1. The number of fused-ring (bicyclic) bond motifs is 1. The number of sulfonamides is 1. The molecular formula is C8H10IN3O3S. The molecule has 6 nitrogen and oxygen atoms in total. The smallest absolute Gasteiger partial charge is 0.229 e. The summed E-state index contributed by atoms with van der Waals surface area (Å²) in [5.41, 5.74) is 9.54. The molecule has 16 heavy (non-hydrogen) atoms. The molecule has 0 bridgehead atoms. The third kappa shape index (κ3) is 2.24. The summed E-state index contributed by atoms with van der Waals surface area (Å²) in [5, 5.41) is 0. The Hall–Kier alpha value is -0.580. The van der Waals surface area contributed by atoms with Crippen molar-refractivity contribution < 1.29 is 13.3 Å². The van der Waals surface area contributed by atoms with Crippen molar-refractivity contribution in [2.24, 2.45) is 5.73 Å². The molecule has 1 aromatic carbocycles. The molecule has 0 saturated heterocycles. The Kier molecular flexibility index (Phi) is 2.77. The first-order chi connectivity index (χ1) is 7.30. The van der Waals surface area contributed by atoms with Gasteiger partial charge in [0.1, 0.15) is 0 Å². The van der Waals surface area contributed by atoms with Gasteiger partial charge >= 0.3 is 0 Å². The number of rotatable bonds is 2. The van der Waals surface area contributed by atoms with E-state index in [2.05, 4.69) is 10.2 Å². The zero-order chi connectivity index (χ0) is 12.0. The fourth-order valence-electron chi connectivity index (χ4n) is 1.46. The van der Waals surface area contributed by atoms with Crippen molar-refractivity contribution in [3.8, 4) is 5.75 Å². The van der Waals surface area contributed by atoms with Crippen molar-refractivity contribution in [1.82, 2.24) is 5.48 Å². The lowest BCUT2D eigenvalue weighted by Crippen LogP contribution is -2.41. The Morgan fingerprint density at radius 1 is 1.56 bits per heavy atom. The molecule has 1 aliphatic rings. The van der Waals surface area contributed by atoms with Crippen LogP contribution in [0.4, 0.5) is 5.69 Å². The quantitative estimate of drug-likeness (QED) is 0.407. The molecule has 0 fully saturated rings. The lowest BCUT2D eigenvalue weighted by molar-refractivity contribution is 0.188. The first kappa shape index (κ1) is 11.9. The van der Waals surface area contributed by atoms with Gasteiger partial charge in [0, 0.05) is 0 Å². The summed E-state index contributed by atoms with van der Waals surface area (Å²) in [4.78, 5) is 5.15. The Morgan fingerprint density at radius 2 is 2.25 bits per heavy atom. The molecule has 1 heterocycles. The molecule has 1 atom stereocenters. The molecule has 1 aliphatic heterocycles. The van der Waals surface area contributed by atoms with E-state index in [1.807, 2.05) is 22.6 Å². The minimum absolute atomic E-state index is 0.418. The van der Waals surface area contributed by atoms with Crippen molar-refractivity contribution in [3.63, 3.8) is 0 Å². The highest BCUT2D eigenvalue weighted by atomic mass is 127. The Morgan fingerprint density at radius 3 is 2.88 bits per heavy atom. The van der Waals surface area contributed by atoms with Crippen LogP contribution in [-0.2, 0) is 13.7 Å². The third-order valence-electron chi connectivity index (χ3n) is 1.99. The summed E-state index contributed by atoms with van der Waals surface area (Å²) in [7, 11) is -3.34. The van der Waals surface area contributed by atoms with Gasteiger partial charge in [0.15, 0.2) is 9.42 Å². The summed E-state index contributed by atoms with van der Waals surface area (Å²) in [6, 6.07) is 5.03. The molecule has 0 aromatic heterocycles. The predicted octanol–water partition coefficient (Wildman–Crippen LogP) is 0.459. The van der Waals surface area contributed by atoms with Crippen molar-refractivity contribution in [2.45, 2.75) is 3.67 Å². The van der Waals surface area contributed by atoms with Crippen LogP contribution in [0, 0.1) is 0 Å². The van der Waals surface area contributed by atoms with Crippen LogP contribution in [0.15, 0.2) is 18.2 Å². The molecule has 8 heteroatoms. The van der Waals surface area contributed by atoms with E-state index >= 15 is 0 Å². The largest absolute Gasteiger partial charge is 0.405 e. The minimum atomic E-state index is -3.34. The van der Waals surface area contributed by atoms with Gasteiger partial charge in [0.25, 0.3) is 0 Å². The molecule has 0 aliphatic carbocycles. The fourth-order valence-corrected chi connectivity index (χ4v) is 2.69. The average Bonchev–Trinajstić information content (AvgIpc) is 2.41. The number of alkyl halides is 1. The zero-order valence-electron chi connectivity index (χ0n) is 8.32. The number of hydroxylamine groups is 1. The molecule has 0 radical (unpaired) electrons. The minimum Gasteiger partial charge on any atom is -0.405 e. The molecule has 0 saturated carbocycles. The van der Waals surface area contributed by atoms with E-state index in [0.29, 0.717) is 17.0 Å². The highest BCUT2D eigenvalue weighted by molar-refractivity contribution is 14.1. The summed E-state index contributed by atoms with van der Waals surface area (Å²) in [6.07, 6.45) is 1.08. The van der Waals surface area contributed by atoms with Gasteiger partial charge in [-0.05, 0) is 34.7 Å². The number of hydrogen-bond acceptors (Lipinski definition) is 5. The molecule has 1 unspecified atom stereocenters. The van der Waals surface area contributed by atoms with Crippen molar-refractivity contribution in [2.75, 3.05) is 11.0 Å². The van der Waals surface area contributed by atoms with Crippen molar-refractivity contribution in [3.05, 3.63) is 23.8 Å². The summed E-state index contributed by atoms with van der Waals surface area (Å²) < 4.78 is 23.9. The number of benzene rings is 1. The van der Waals surface area contributed by atoms with E-state index in [0.717, 1.165) is 6.26 Å². The summed E-state index contributed by atoms with van der Waals surface area (Å²) >= 11 is 1.94. The molecule has 4 N–H and O–H groups in total. The molecular weight excluding hydrogens is 345 g/mol. The van der Waals surface area contributed by atoms with Crippen LogP contribution in [-0.4, -0.2) is 14.7 Å². The monoisotopic (exact) mass is 355 g/mol. The van der Waals surface area contributed by atoms with Crippen molar-refractivity contribution >= 4 is 38.3 Å². The SMILES string of the molecule is CS(=O)(=O)Nc1cccc2c1C(N)(I)NO2. The lowest BCUT2D eigenvalue weighted by Gasteiger charge is -2.17. The van der Waals surface area contributed by atoms with E-state index < -0.39 is 13.7 Å². The second-order valence-electron chi connectivity index (χ2n) is 3.47. The molecule has 0 spiro atoms. The maximum atomic E-state index is 11.2. The Labute approximate surface area is 107 Å². The average molecular weight is 355 g/mol. The number of halogens is 1. The lowest BCUT2D eigenvalue weighted by atomic mass is 10.1. The topological polar surface area (TPSA) is 93.5 Å². The second kappa shape index (κ2) is 3.72. The first-order valence-corrected chi connectivity index (χ1v) is 7.30. The van der Waals surface area contributed by atoms with Crippen LogP contribution < -0.4 is 20.8 Å². The number of nitrogens with two attached hydrogens (primary N) is 1. The van der Waals surface area contributed by atoms with Gasteiger partial charge in [-0.3, -0.25) is 10.5 Å². The third-order valence-corrected chi connectivity index (χ3v) is 3.35. The van der Waals surface area contributed by atoms with Gasteiger partial charge < -0.3 is 4.84 Å². The van der Waals surface area contributed by atoms with E-state index in [9.17, 15) is 8.42 Å². The normalized spacial score (nSPS) is 23.7. The van der Waals surface area contributed by atoms with E-state index in [-0.39, 0.29) is 0 Å². The molecule has 1 aromatic rings. The Bertz CT molecular complexity index is 529. The van der Waals surface area contributed by atoms with Crippen LogP contribution in [0.3, 0.4) is 0 Å². The van der Waals surface area contributed by atoms with Gasteiger partial charge in [-0.1, -0.05) is 6.07 Å². The van der Waals surface area contributed by atoms with Gasteiger partial charge in [0.2, 0.25) is 10.0 Å². The molecule has 2 rings (SSSR count). The van der Waals surface area contributed by atoms with Gasteiger partial charge in [0.05, 0.1) is 17.5 Å². The first-order valence-electron chi connectivity index (χ1n) is 4.33.